The lowest BCUT2D eigenvalue weighted by molar-refractivity contribution is -0.153. The van der Waals surface area contributed by atoms with Gasteiger partial charge in [-0.25, -0.2) is 4.98 Å². The van der Waals surface area contributed by atoms with Gasteiger partial charge in [-0.3, -0.25) is 4.79 Å². The van der Waals surface area contributed by atoms with Crippen LogP contribution in [0.25, 0.3) is 10.2 Å². The highest BCUT2D eigenvalue weighted by Gasteiger charge is 2.54. The van der Waals surface area contributed by atoms with Gasteiger partial charge in [0.1, 0.15) is 0 Å². The van der Waals surface area contributed by atoms with Crippen LogP contribution in [0.1, 0.15) is 52.9 Å². The molecule has 9 heteroatoms. The van der Waals surface area contributed by atoms with Crippen molar-refractivity contribution >= 4 is 39.1 Å². The Bertz CT molecular complexity index is 1090. The summed E-state index contributed by atoms with van der Waals surface area (Å²) in [5.74, 6) is -1.65. The van der Waals surface area contributed by atoms with E-state index in [0.29, 0.717) is 10.9 Å². The van der Waals surface area contributed by atoms with Gasteiger partial charge in [0.2, 0.25) is 5.76 Å². The SMILES string of the molecule is O=C(NC1CC2(C1)CC(c1nc3cc(Cl)ccc3s1)C2)c1ccc(C(F)(F)F)o1. The Kier molecular flexibility index (Phi) is 4.22. The highest BCUT2D eigenvalue weighted by atomic mass is 35.5. The van der Waals surface area contributed by atoms with Crippen LogP contribution in [0.15, 0.2) is 34.7 Å². The van der Waals surface area contributed by atoms with Gasteiger partial charge >= 0.3 is 6.18 Å². The molecule has 0 saturated heterocycles. The number of carbonyl (C=O) groups is 1. The van der Waals surface area contributed by atoms with Gasteiger partial charge in [0, 0.05) is 17.0 Å². The molecule has 0 radical (unpaired) electrons. The lowest BCUT2D eigenvalue weighted by Crippen LogP contribution is -2.55. The van der Waals surface area contributed by atoms with E-state index in [2.05, 4.69) is 9.73 Å². The van der Waals surface area contributed by atoms with Gasteiger partial charge in [-0.1, -0.05) is 11.6 Å². The molecule has 1 N–H and O–H groups in total. The molecule has 2 aliphatic carbocycles. The summed E-state index contributed by atoms with van der Waals surface area (Å²) in [4.78, 5) is 16.8. The Balaban J connectivity index is 1.15. The average molecular weight is 441 g/mol. The average Bonchev–Trinajstić information content (AvgIpc) is 3.21. The summed E-state index contributed by atoms with van der Waals surface area (Å²) in [5, 5.41) is 4.57. The zero-order chi connectivity index (χ0) is 20.4. The van der Waals surface area contributed by atoms with Crippen LogP contribution in [0.4, 0.5) is 13.2 Å². The number of carbonyl (C=O) groups excluding carboxylic acids is 1. The monoisotopic (exact) mass is 440 g/mol. The predicted octanol–water partition coefficient (Wildman–Crippen LogP) is 6.02. The van der Waals surface area contributed by atoms with Crippen molar-refractivity contribution in [1.29, 1.82) is 0 Å². The molecule has 3 aromatic rings. The number of hydrogen-bond donors (Lipinski definition) is 1. The molecule has 2 saturated carbocycles. The molecule has 152 valence electrons. The number of fused-ring (bicyclic) bond motifs is 1. The van der Waals surface area contributed by atoms with E-state index in [9.17, 15) is 18.0 Å². The van der Waals surface area contributed by atoms with Crippen molar-refractivity contribution in [3.63, 3.8) is 0 Å². The molecule has 2 fully saturated rings. The highest BCUT2D eigenvalue weighted by molar-refractivity contribution is 7.18. The Labute approximate surface area is 173 Å². The van der Waals surface area contributed by atoms with Crippen LogP contribution in [0, 0.1) is 5.41 Å². The number of alkyl halides is 3. The van der Waals surface area contributed by atoms with Gasteiger partial charge in [-0.15, -0.1) is 11.3 Å². The third kappa shape index (κ3) is 3.42. The van der Waals surface area contributed by atoms with Crippen LogP contribution in [-0.2, 0) is 6.18 Å². The smallest absolute Gasteiger partial charge is 0.446 e. The maximum atomic E-state index is 12.6. The second-order valence-corrected chi connectivity index (χ2v) is 9.51. The minimum absolute atomic E-state index is 0.0305. The maximum absolute atomic E-state index is 12.6. The molecule has 0 atom stereocenters. The molecule has 5 rings (SSSR count). The van der Waals surface area contributed by atoms with E-state index in [1.54, 1.807) is 11.3 Å². The Hall–Kier alpha value is -2.06. The molecule has 0 unspecified atom stereocenters. The lowest BCUT2D eigenvalue weighted by atomic mass is 9.50. The van der Waals surface area contributed by atoms with Crippen LogP contribution >= 0.6 is 22.9 Å². The van der Waals surface area contributed by atoms with Crippen LogP contribution in [0.3, 0.4) is 0 Å². The van der Waals surface area contributed by atoms with E-state index >= 15 is 0 Å². The van der Waals surface area contributed by atoms with E-state index in [0.717, 1.165) is 53.0 Å². The number of aromatic nitrogens is 1. The molecule has 0 bridgehead atoms. The number of rotatable bonds is 3. The summed E-state index contributed by atoms with van der Waals surface area (Å²) in [7, 11) is 0. The van der Waals surface area contributed by atoms with Crippen molar-refractivity contribution in [2.45, 2.75) is 43.8 Å². The summed E-state index contributed by atoms with van der Waals surface area (Å²) < 4.78 is 43.5. The topological polar surface area (TPSA) is 55.1 Å². The van der Waals surface area contributed by atoms with Crippen molar-refractivity contribution in [2.24, 2.45) is 5.41 Å². The van der Waals surface area contributed by atoms with Crippen molar-refractivity contribution in [3.05, 3.63) is 51.9 Å². The molecule has 29 heavy (non-hydrogen) atoms. The van der Waals surface area contributed by atoms with Gasteiger partial charge in [0.25, 0.3) is 5.91 Å². The number of nitrogens with one attached hydrogen (secondary N) is 1. The molecular formula is C20H16ClF3N2O2S. The van der Waals surface area contributed by atoms with Crippen LogP contribution in [-0.4, -0.2) is 16.9 Å². The van der Waals surface area contributed by atoms with E-state index in [1.807, 2.05) is 18.2 Å². The van der Waals surface area contributed by atoms with Gasteiger partial charge < -0.3 is 9.73 Å². The Morgan fingerprint density at radius 2 is 1.97 bits per heavy atom. The van der Waals surface area contributed by atoms with E-state index < -0.39 is 17.8 Å². The van der Waals surface area contributed by atoms with Gasteiger partial charge in [-0.05, 0) is 61.4 Å². The summed E-state index contributed by atoms with van der Waals surface area (Å²) in [6.07, 6.45) is -0.888. The highest BCUT2D eigenvalue weighted by Crippen LogP contribution is 2.62. The first-order chi connectivity index (χ1) is 13.7. The quantitative estimate of drug-likeness (QED) is 0.542. The van der Waals surface area contributed by atoms with E-state index in [1.165, 1.54) is 0 Å². The first-order valence-electron chi connectivity index (χ1n) is 9.25. The second-order valence-electron chi connectivity index (χ2n) is 8.01. The van der Waals surface area contributed by atoms with Crippen molar-refractivity contribution in [3.8, 4) is 0 Å². The van der Waals surface area contributed by atoms with E-state index in [-0.39, 0.29) is 17.2 Å². The summed E-state index contributed by atoms with van der Waals surface area (Å²) >= 11 is 7.72. The number of halogens is 4. The van der Waals surface area contributed by atoms with Gasteiger partial charge in [-0.2, -0.15) is 13.2 Å². The van der Waals surface area contributed by atoms with Crippen LogP contribution in [0.5, 0.6) is 0 Å². The normalized spacial score (nSPS) is 26.3. The van der Waals surface area contributed by atoms with Crippen LogP contribution in [0.2, 0.25) is 5.02 Å². The third-order valence-corrected chi connectivity index (χ3v) is 7.31. The molecular weight excluding hydrogens is 425 g/mol. The number of nitrogens with zero attached hydrogens (tertiary/aromatic N) is 1. The molecule has 4 nitrogen and oxygen atoms in total. The third-order valence-electron chi connectivity index (χ3n) is 5.88. The number of furan rings is 1. The first-order valence-corrected chi connectivity index (χ1v) is 10.4. The minimum atomic E-state index is -4.59. The molecule has 2 aliphatic rings. The fourth-order valence-electron chi connectivity index (χ4n) is 4.54. The lowest BCUT2D eigenvalue weighted by Gasteiger charge is -2.57. The van der Waals surface area contributed by atoms with E-state index in [4.69, 9.17) is 16.6 Å². The minimum Gasteiger partial charge on any atom is -0.446 e. The van der Waals surface area contributed by atoms with Crippen LogP contribution < -0.4 is 5.32 Å². The largest absolute Gasteiger partial charge is 0.449 e. The van der Waals surface area contributed by atoms with Crippen molar-refractivity contribution < 1.29 is 22.4 Å². The fraction of sp³-hybridized carbons (Fsp3) is 0.400. The summed E-state index contributed by atoms with van der Waals surface area (Å²) in [5.41, 5.74) is 1.13. The van der Waals surface area contributed by atoms with Crippen molar-refractivity contribution in [1.82, 2.24) is 10.3 Å². The number of benzene rings is 1. The second kappa shape index (κ2) is 6.47. The van der Waals surface area contributed by atoms with Gasteiger partial charge in [0.05, 0.1) is 15.2 Å². The van der Waals surface area contributed by atoms with Gasteiger partial charge in [0.15, 0.2) is 5.76 Å². The molecule has 0 aliphatic heterocycles. The zero-order valence-corrected chi connectivity index (χ0v) is 16.6. The number of thiazole rings is 1. The Morgan fingerprint density at radius 3 is 2.66 bits per heavy atom. The molecule has 1 spiro atoms. The molecule has 1 amide bonds. The fourth-order valence-corrected chi connectivity index (χ4v) is 5.76. The molecule has 2 heterocycles. The number of amides is 1. The van der Waals surface area contributed by atoms with Crippen molar-refractivity contribution in [2.75, 3.05) is 0 Å². The first kappa shape index (κ1) is 18.9. The maximum Gasteiger partial charge on any atom is 0.449 e. The molecule has 1 aromatic carbocycles. The summed E-state index contributed by atoms with van der Waals surface area (Å²) in [6.45, 7) is 0. The predicted molar refractivity (Wildman–Crippen MR) is 103 cm³/mol. The Morgan fingerprint density at radius 1 is 1.21 bits per heavy atom. The standard InChI is InChI=1S/C20H16ClF3N2O2S/c21-11-1-3-15-13(5-11)26-18(29-15)10-6-19(7-10)8-12(9-19)25-17(27)14-2-4-16(28-14)20(22,23)24/h1-5,10,12H,6-9H2,(H,25,27). The summed E-state index contributed by atoms with van der Waals surface area (Å²) in [6, 6.07) is 7.53. The number of hydrogen-bond acceptors (Lipinski definition) is 4. The zero-order valence-electron chi connectivity index (χ0n) is 15.1. The molecule has 2 aromatic heterocycles.